The minimum absolute atomic E-state index is 0.0471. The molecular formula is C12H15N5OS. The third-order valence-electron chi connectivity index (χ3n) is 3.75. The van der Waals surface area contributed by atoms with Crippen LogP contribution in [-0.2, 0) is 4.79 Å². The number of amides is 1. The molecule has 2 aliphatic heterocycles. The summed E-state index contributed by atoms with van der Waals surface area (Å²) in [5.74, 6) is 0.794. The Bertz CT molecular complexity index is 535. The van der Waals surface area contributed by atoms with Crippen molar-refractivity contribution < 1.29 is 4.79 Å². The number of fused-ring (bicyclic) bond motifs is 1. The van der Waals surface area contributed by atoms with Gasteiger partial charge < -0.3 is 16.0 Å². The summed E-state index contributed by atoms with van der Waals surface area (Å²) in [7, 11) is 0. The highest BCUT2D eigenvalue weighted by atomic mass is 32.1. The number of carbonyl (C=O) groups excluding carboxylic acids is 1. The number of rotatable bonds is 2. The molecule has 2 atom stereocenters. The van der Waals surface area contributed by atoms with Gasteiger partial charge in [-0.3, -0.25) is 4.79 Å². The van der Waals surface area contributed by atoms with Gasteiger partial charge in [0.15, 0.2) is 0 Å². The van der Waals surface area contributed by atoms with Gasteiger partial charge in [-0.15, -0.1) is 0 Å². The van der Waals surface area contributed by atoms with Gasteiger partial charge in [0, 0.05) is 19.3 Å². The number of thiocarbonyl (C=S) groups is 1. The molecule has 3 N–H and O–H groups in total. The molecule has 0 radical (unpaired) electrons. The highest BCUT2D eigenvalue weighted by Gasteiger charge is 2.41. The highest BCUT2D eigenvalue weighted by molar-refractivity contribution is 7.80. The zero-order chi connectivity index (χ0) is 13.4. The summed E-state index contributed by atoms with van der Waals surface area (Å²) < 4.78 is 0. The summed E-state index contributed by atoms with van der Waals surface area (Å²) in [5.41, 5.74) is 6.17. The molecule has 3 rings (SSSR count). The van der Waals surface area contributed by atoms with Gasteiger partial charge in [0.1, 0.15) is 10.7 Å². The normalized spacial score (nSPS) is 25.9. The lowest BCUT2D eigenvalue weighted by molar-refractivity contribution is -0.123. The number of nitrogens with one attached hydrogen (secondary N) is 1. The van der Waals surface area contributed by atoms with Crippen LogP contribution in [0.3, 0.4) is 0 Å². The Morgan fingerprint density at radius 3 is 3.21 bits per heavy atom. The fraction of sp³-hybridized carbons (Fsp3) is 0.500. The largest absolute Gasteiger partial charge is 0.388 e. The highest BCUT2D eigenvalue weighted by Crippen LogP contribution is 2.29. The van der Waals surface area contributed by atoms with Gasteiger partial charge in [0.05, 0.1) is 12.0 Å². The van der Waals surface area contributed by atoms with Crippen molar-refractivity contribution in [3.8, 4) is 0 Å². The average molecular weight is 277 g/mol. The molecule has 1 aromatic rings. The number of carbonyl (C=O) groups is 1. The first kappa shape index (κ1) is 12.3. The molecular weight excluding hydrogens is 262 g/mol. The van der Waals surface area contributed by atoms with E-state index < -0.39 is 0 Å². The molecule has 2 saturated heterocycles. The van der Waals surface area contributed by atoms with Gasteiger partial charge in [-0.1, -0.05) is 12.2 Å². The van der Waals surface area contributed by atoms with Crippen LogP contribution in [0, 0.1) is 5.92 Å². The van der Waals surface area contributed by atoms with Crippen LogP contribution in [0.15, 0.2) is 12.3 Å². The summed E-state index contributed by atoms with van der Waals surface area (Å²) in [6.07, 6.45) is 3.56. The van der Waals surface area contributed by atoms with Crippen LogP contribution in [0.1, 0.15) is 18.5 Å². The molecule has 2 unspecified atom stereocenters. The molecule has 0 aromatic carbocycles. The van der Waals surface area contributed by atoms with Crippen LogP contribution in [0.25, 0.3) is 0 Å². The van der Waals surface area contributed by atoms with Crippen molar-refractivity contribution in [2.45, 2.75) is 18.9 Å². The van der Waals surface area contributed by atoms with Gasteiger partial charge in [0.25, 0.3) is 0 Å². The standard InChI is InChI=1S/C12H15N5OS/c13-10(19)8-3-4-14-12(16-8)17-5-1-2-7-9(17)6-15-11(7)18/h3-4,7,9H,1-2,5-6H2,(H2,13,19)(H,15,18). The molecule has 1 aromatic heterocycles. The Balaban J connectivity index is 1.91. The number of hydrogen-bond donors (Lipinski definition) is 2. The number of hydrogen-bond acceptors (Lipinski definition) is 5. The van der Waals surface area contributed by atoms with Gasteiger partial charge >= 0.3 is 0 Å². The van der Waals surface area contributed by atoms with Crippen molar-refractivity contribution in [3.63, 3.8) is 0 Å². The van der Waals surface area contributed by atoms with Crippen LogP contribution < -0.4 is 16.0 Å². The Morgan fingerprint density at radius 1 is 1.58 bits per heavy atom. The molecule has 0 aliphatic carbocycles. The SMILES string of the molecule is NC(=S)c1ccnc(N2CCCC3C(=O)NCC32)n1. The van der Waals surface area contributed by atoms with Gasteiger partial charge in [-0.05, 0) is 18.9 Å². The Kier molecular flexibility index (Phi) is 3.06. The van der Waals surface area contributed by atoms with Crippen LogP contribution >= 0.6 is 12.2 Å². The maximum atomic E-state index is 11.7. The first-order valence-electron chi connectivity index (χ1n) is 6.34. The van der Waals surface area contributed by atoms with E-state index in [0.717, 1.165) is 19.4 Å². The van der Waals surface area contributed by atoms with E-state index in [4.69, 9.17) is 18.0 Å². The molecule has 3 heterocycles. The molecule has 2 fully saturated rings. The predicted octanol–water partition coefficient (Wildman–Crippen LogP) is -0.174. The number of aromatic nitrogens is 2. The summed E-state index contributed by atoms with van der Waals surface area (Å²) in [6.45, 7) is 1.51. The molecule has 2 aliphatic rings. The minimum Gasteiger partial charge on any atom is -0.388 e. The molecule has 6 nitrogen and oxygen atoms in total. The van der Waals surface area contributed by atoms with Crippen molar-refractivity contribution in [2.24, 2.45) is 11.7 Å². The van der Waals surface area contributed by atoms with Crippen molar-refractivity contribution in [1.82, 2.24) is 15.3 Å². The molecule has 0 spiro atoms. The number of nitrogens with two attached hydrogens (primary N) is 1. The quantitative estimate of drug-likeness (QED) is 0.730. The van der Waals surface area contributed by atoms with Gasteiger partial charge in [-0.25, -0.2) is 9.97 Å². The summed E-state index contributed by atoms with van der Waals surface area (Å²) in [4.78, 5) is 22.8. The fourth-order valence-electron chi connectivity index (χ4n) is 2.82. The summed E-state index contributed by atoms with van der Waals surface area (Å²) in [5, 5.41) is 2.91. The molecule has 1 amide bonds. The first-order valence-corrected chi connectivity index (χ1v) is 6.75. The predicted molar refractivity (Wildman–Crippen MR) is 74.8 cm³/mol. The van der Waals surface area contributed by atoms with Crippen LogP contribution in [0.5, 0.6) is 0 Å². The molecule has 0 saturated carbocycles. The van der Waals surface area contributed by atoms with Gasteiger partial charge in [0.2, 0.25) is 11.9 Å². The van der Waals surface area contributed by atoms with E-state index in [1.807, 2.05) is 0 Å². The first-order chi connectivity index (χ1) is 9.16. The van der Waals surface area contributed by atoms with Crippen LogP contribution in [0.4, 0.5) is 5.95 Å². The zero-order valence-electron chi connectivity index (χ0n) is 10.4. The van der Waals surface area contributed by atoms with E-state index in [-0.39, 0.29) is 22.9 Å². The van der Waals surface area contributed by atoms with E-state index in [2.05, 4.69) is 20.2 Å². The van der Waals surface area contributed by atoms with E-state index in [9.17, 15) is 4.79 Å². The van der Waals surface area contributed by atoms with E-state index >= 15 is 0 Å². The summed E-state index contributed by atoms with van der Waals surface area (Å²) in [6, 6.07) is 1.84. The van der Waals surface area contributed by atoms with E-state index in [0.29, 0.717) is 18.2 Å². The van der Waals surface area contributed by atoms with Crippen molar-refractivity contribution >= 4 is 29.1 Å². The second-order valence-electron chi connectivity index (χ2n) is 4.86. The minimum atomic E-state index is 0.0471. The number of nitrogens with zero attached hydrogens (tertiary/aromatic N) is 3. The summed E-state index contributed by atoms with van der Waals surface area (Å²) >= 11 is 4.94. The molecule has 19 heavy (non-hydrogen) atoms. The second kappa shape index (κ2) is 4.73. The maximum absolute atomic E-state index is 11.7. The number of piperidine rings is 1. The average Bonchev–Trinajstić information content (AvgIpc) is 2.81. The third-order valence-corrected chi connectivity index (χ3v) is 3.96. The molecule has 7 heteroatoms. The molecule has 0 bridgehead atoms. The molecule has 100 valence electrons. The lowest BCUT2D eigenvalue weighted by Gasteiger charge is -2.35. The van der Waals surface area contributed by atoms with E-state index in [1.165, 1.54) is 0 Å². The smallest absolute Gasteiger partial charge is 0.226 e. The zero-order valence-corrected chi connectivity index (χ0v) is 11.2. The third kappa shape index (κ3) is 2.14. The fourth-order valence-corrected chi connectivity index (χ4v) is 2.94. The second-order valence-corrected chi connectivity index (χ2v) is 5.30. The maximum Gasteiger partial charge on any atom is 0.226 e. The monoisotopic (exact) mass is 277 g/mol. The van der Waals surface area contributed by atoms with Crippen LogP contribution in [0.2, 0.25) is 0 Å². The Hall–Kier alpha value is -1.76. The van der Waals surface area contributed by atoms with Crippen molar-refractivity contribution in [2.75, 3.05) is 18.0 Å². The lowest BCUT2D eigenvalue weighted by Crippen LogP contribution is -2.46. The van der Waals surface area contributed by atoms with Gasteiger partial charge in [-0.2, -0.15) is 0 Å². The number of anilines is 1. The Morgan fingerprint density at radius 2 is 2.42 bits per heavy atom. The van der Waals surface area contributed by atoms with E-state index in [1.54, 1.807) is 12.3 Å². The van der Waals surface area contributed by atoms with Crippen LogP contribution in [-0.4, -0.2) is 40.0 Å². The lowest BCUT2D eigenvalue weighted by atomic mass is 9.92. The Labute approximate surface area is 116 Å². The topological polar surface area (TPSA) is 84.1 Å². The van der Waals surface area contributed by atoms with Crippen molar-refractivity contribution in [1.29, 1.82) is 0 Å². The van der Waals surface area contributed by atoms with Crippen molar-refractivity contribution in [3.05, 3.63) is 18.0 Å².